The van der Waals surface area contributed by atoms with E-state index in [0.717, 1.165) is 35.1 Å². The lowest BCUT2D eigenvalue weighted by atomic mass is 9.95. The number of H-pyrrole nitrogens is 1. The number of esters is 1. The zero-order valence-corrected chi connectivity index (χ0v) is 15.1. The molecule has 0 radical (unpaired) electrons. The molecule has 0 unspecified atom stereocenters. The van der Waals surface area contributed by atoms with Crippen LogP contribution in [0, 0.1) is 0 Å². The summed E-state index contributed by atoms with van der Waals surface area (Å²) in [5, 5.41) is 11.8. The van der Waals surface area contributed by atoms with Crippen LogP contribution in [0.4, 0.5) is 5.13 Å². The van der Waals surface area contributed by atoms with Crippen molar-refractivity contribution in [2.45, 2.75) is 32.6 Å². The number of nitrogens with zero attached hydrogens (tertiary/aromatic N) is 2. The van der Waals surface area contributed by atoms with E-state index in [4.69, 9.17) is 4.74 Å². The third-order valence-corrected chi connectivity index (χ3v) is 5.29. The lowest BCUT2D eigenvalue weighted by Crippen LogP contribution is -2.12. The molecule has 2 N–H and O–H groups in total. The minimum atomic E-state index is -0.537. The smallest absolute Gasteiger partial charge is 0.369 e. The Balaban J connectivity index is 1.61. The number of hydrogen-bond donors (Lipinski definition) is 2. The summed E-state index contributed by atoms with van der Waals surface area (Å²) >= 11 is 0.998. The first-order valence-corrected chi connectivity index (χ1v) is 9.43. The number of hydrogen-bond acceptors (Lipinski definition) is 6. The average molecular weight is 370 g/mol. The summed E-state index contributed by atoms with van der Waals surface area (Å²) in [6.07, 6.45) is 4.41. The molecular formula is C18H18N4O3S. The van der Waals surface area contributed by atoms with Crippen LogP contribution >= 0.6 is 11.3 Å². The number of ether oxygens (including phenoxy) is 1. The van der Waals surface area contributed by atoms with E-state index in [2.05, 4.69) is 26.6 Å². The van der Waals surface area contributed by atoms with Gasteiger partial charge in [-0.15, -0.1) is 10.2 Å². The summed E-state index contributed by atoms with van der Waals surface area (Å²) in [7, 11) is 0. The number of anilines is 1. The zero-order valence-electron chi connectivity index (χ0n) is 14.3. The molecule has 0 bridgehead atoms. The predicted molar refractivity (Wildman–Crippen MR) is 98.8 cm³/mol. The Morgan fingerprint density at radius 2 is 2.12 bits per heavy atom. The first-order valence-electron chi connectivity index (χ1n) is 8.61. The van der Waals surface area contributed by atoms with E-state index in [0.29, 0.717) is 5.56 Å². The van der Waals surface area contributed by atoms with Gasteiger partial charge in [-0.3, -0.25) is 10.1 Å². The van der Waals surface area contributed by atoms with Crippen molar-refractivity contribution in [1.29, 1.82) is 0 Å². The van der Waals surface area contributed by atoms with E-state index in [1.54, 1.807) is 13.0 Å². The SMILES string of the molecule is CCOC(=O)c1nnc(NC(=O)c2cccc3c4c([nH]c23)CCCC4)s1. The third kappa shape index (κ3) is 2.96. The van der Waals surface area contributed by atoms with Crippen molar-refractivity contribution in [3.05, 3.63) is 40.0 Å². The van der Waals surface area contributed by atoms with Gasteiger partial charge in [0.25, 0.3) is 5.91 Å². The van der Waals surface area contributed by atoms with Crippen molar-refractivity contribution in [3.63, 3.8) is 0 Å². The Kier molecular flexibility index (Phi) is 4.42. The molecule has 0 fully saturated rings. The number of carbonyl (C=O) groups excluding carboxylic acids is 2. The molecule has 0 saturated heterocycles. The topological polar surface area (TPSA) is 97.0 Å². The number of aryl methyl sites for hydroxylation is 2. The largest absolute Gasteiger partial charge is 0.461 e. The second-order valence-electron chi connectivity index (χ2n) is 6.10. The number of aromatic amines is 1. The van der Waals surface area contributed by atoms with Crippen molar-refractivity contribution < 1.29 is 14.3 Å². The molecule has 1 amide bonds. The fourth-order valence-corrected chi connectivity index (χ4v) is 3.97. The summed E-state index contributed by atoms with van der Waals surface area (Å²) in [5.74, 6) is -0.814. The van der Waals surface area contributed by atoms with Crippen LogP contribution in [0.3, 0.4) is 0 Å². The fourth-order valence-electron chi connectivity index (χ4n) is 3.33. The number of amides is 1. The molecule has 4 rings (SSSR count). The Bertz CT molecular complexity index is 992. The molecule has 2 aromatic heterocycles. The van der Waals surface area contributed by atoms with Gasteiger partial charge in [-0.25, -0.2) is 4.79 Å². The van der Waals surface area contributed by atoms with Crippen molar-refractivity contribution in [2.24, 2.45) is 0 Å². The van der Waals surface area contributed by atoms with Crippen molar-refractivity contribution >= 4 is 39.2 Å². The number of aromatic nitrogens is 3. The fraction of sp³-hybridized carbons (Fsp3) is 0.333. The highest BCUT2D eigenvalue weighted by Crippen LogP contribution is 2.31. The van der Waals surface area contributed by atoms with E-state index in [1.165, 1.54) is 24.1 Å². The van der Waals surface area contributed by atoms with E-state index in [9.17, 15) is 9.59 Å². The van der Waals surface area contributed by atoms with Crippen molar-refractivity contribution in [3.8, 4) is 0 Å². The summed E-state index contributed by atoms with van der Waals surface area (Å²) in [6, 6.07) is 5.73. The second kappa shape index (κ2) is 6.87. The number of fused-ring (bicyclic) bond motifs is 3. The van der Waals surface area contributed by atoms with Crippen LogP contribution in [0.15, 0.2) is 18.2 Å². The Morgan fingerprint density at radius 1 is 1.27 bits per heavy atom. The van der Waals surface area contributed by atoms with Crippen LogP contribution in [0.2, 0.25) is 0 Å². The second-order valence-corrected chi connectivity index (χ2v) is 7.08. The first-order chi connectivity index (χ1) is 12.7. The molecule has 0 aliphatic heterocycles. The highest BCUT2D eigenvalue weighted by Gasteiger charge is 2.21. The maximum absolute atomic E-state index is 12.7. The molecule has 0 spiro atoms. The van der Waals surface area contributed by atoms with Gasteiger partial charge in [0.2, 0.25) is 10.1 Å². The van der Waals surface area contributed by atoms with Crippen molar-refractivity contribution in [2.75, 3.05) is 11.9 Å². The first kappa shape index (κ1) is 16.7. The van der Waals surface area contributed by atoms with Gasteiger partial charge in [0.05, 0.1) is 17.7 Å². The normalized spacial score (nSPS) is 13.4. The molecule has 8 heteroatoms. The molecule has 0 atom stereocenters. The zero-order chi connectivity index (χ0) is 18.1. The van der Waals surface area contributed by atoms with E-state index in [-0.39, 0.29) is 22.7 Å². The maximum Gasteiger partial charge on any atom is 0.369 e. The number of benzene rings is 1. The number of para-hydroxylation sites is 1. The van der Waals surface area contributed by atoms with E-state index >= 15 is 0 Å². The monoisotopic (exact) mass is 370 g/mol. The van der Waals surface area contributed by atoms with Gasteiger partial charge in [-0.1, -0.05) is 23.5 Å². The predicted octanol–water partition coefficient (Wildman–Crippen LogP) is 3.33. The van der Waals surface area contributed by atoms with Gasteiger partial charge in [0, 0.05) is 11.1 Å². The van der Waals surface area contributed by atoms with Crippen LogP contribution in [0.25, 0.3) is 10.9 Å². The summed E-state index contributed by atoms with van der Waals surface area (Å²) in [6.45, 7) is 1.98. The van der Waals surface area contributed by atoms with E-state index < -0.39 is 5.97 Å². The van der Waals surface area contributed by atoms with Crippen LogP contribution in [-0.4, -0.2) is 33.7 Å². The molecule has 2 heterocycles. The van der Waals surface area contributed by atoms with Gasteiger partial charge < -0.3 is 9.72 Å². The lowest BCUT2D eigenvalue weighted by Gasteiger charge is -2.10. The minimum Gasteiger partial charge on any atom is -0.461 e. The number of nitrogens with one attached hydrogen (secondary N) is 2. The van der Waals surface area contributed by atoms with E-state index in [1.807, 2.05) is 6.07 Å². The van der Waals surface area contributed by atoms with Gasteiger partial charge in [0.1, 0.15) is 0 Å². The van der Waals surface area contributed by atoms with Gasteiger partial charge in [0.15, 0.2) is 0 Å². The molecule has 1 aliphatic rings. The van der Waals surface area contributed by atoms with Crippen LogP contribution in [0.5, 0.6) is 0 Å². The molecule has 26 heavy (non-hydrogen) atoms. The van der Waals surface area contributed by atoms with Gasteiger partial charge in [-0.2, -0.15) is 0 Å². The Hall–Kier alpha value is -2.74. The van der Waals surface area contributed by atoms with Gasteiger partial charge in [-0.05, 0) is 44.2 Å². The minimum absolute atomic E-state index is 0.121. The summed E-state index contributed by atoms with van der Waals surface area (Å²) < 4.78 is 4.89. The highest BCUT2D eigenvalue weighted by molar-refractivity contribution is 7.17. The molecule has 1 aliphatic carbocycles. The highest BCUT2D eigenvalue weighted by atomic mass is 32.1. The maximum atomic E-state index is 12.7. The quantitative estimate of drug-likeness (QED) is 0.687. The van der Waals surface area contributed by atoms with Crippen LogP contribution in [-0.2, 0) is 17.6 Å². The Labute approximate surface area is 153 Å². The average Bonchev–Trinajstić information content (AvgIpc) is 3.26. The van der Waals surface area contributed by atoms with Crippen molar-refractivity contribution in [1.82, 2.24) is 15.2 Å². The molecule has 7 nitrogen and oxygen atoms in total. The number of carbonyl (C=O) groups is 2. The Morgan fingerprint density at radius 3 is 2.96 bits per heavy atom. The van der Waals surface area contributed by atoms with Crippen LogP contribution in [0.1, 0.15) is 51.2 Å². The molecule has 134 valence electrons. The third-order valence-electron chi connectivity index (χ3n) is 4.47. The standard InChI is InChI=1S/C18H18N4O3S/c1-2-25-17(24)16-21-22-18(26-16)20-15(23)12-8-5-7-11-10-6-3-4-9-13(10)19-14(11)12/h5,7-8,19H,2-4,6,9H2,1H3,(H,20,22,23). The molecule has 1 aromatic carbocycles. The molecular weight excluding hydrogens is 352 g/mol. The summed E-state index contributed by atoms with van der Waals surface area (Å²) in [5.41, 5.74) is 3.96. The van der Waals surface area contributed by atoms with Gasteiger partial charge >= 0.3 is 5.97 Å². The number of rotatable bonds is 4. The summed E-state index contributed by atoms with van der Waals surface area (Å²) in [4.78, 5) is 27.8. The molecule has 3 aromatic rings. The van der Waals surface area contributed by atoms with Crippen LogP contribution < -0.4 is 5.32 Å². The lowest BCUT2D eigenvalue weighted by molar-refractivity contribution is 0.0525. The molecule has 0 saturated carbocycles.